The molecule has 0 saturated carbocycles. The molecule has 1 saturated heterocycles. The molecule has 8 nitrogen and oxygen atoms in total. The van der Waals surface area contributed by atoms with Gasteiger partial charge in [-0.25, -0.2) is 13.6 Å². The average molecular weight is 342 g/mol. The molecule has 1 aliphatic rings. The van der Waals surface area contributed by atoms with Crippen molar-refractivity contribution in [1.82, 2.24) is 4.90 Å². The summed E-state index contributed by atoms with van der Waals surface area (Å²) in [5, 5.41) is 19.3. The Kier molecular flexibility index (Phi) is 5.55. The molecule has 0 atom stereocenters. The highest BCUT2D eigenvalue weighted by Gasteiger charge is 2.21. The van der Waals surface area contributed by atoms with Gasteiger partial charge in [-0.3, -0.25) is 10.1 Å². The first-order valence-electron chi connectivity index (χ1n) is 7.58. The average Bonchev–Trinajstić information content (AvgIpc) is 2.52. The van der Waals surface area contributed by atoms with Crippen molar-refractivity contribution in [2.75, 3.05) is 31.5 Å². The van der Waals surface area contributed by atoms with Crippen molar-refractivity contribution in [2.24, 2.45) is 11.1 Å². The summed E-state index contributed by atoms with van der Waals surface area (Å²) in [5.74, 6) is 0.454. The minimum Gasteiger partial charge on any atom is -0.379 e. The highest BCUT2D eigenvalue weighted by atomic mass is 32.2. The molecular weight excluding hydrogens is 320 g/mol. The van der Waals surface area contributed by atoms with Crippen LogP contribution in [0.4, 0.5) is 11.4 Å². The van der Waals surface area contributed by atoms with Crippen LogP contribution in [0.1, 0.15) is 19.8 Å². The summed E-state index contributed by atoms with van der Waals surface area (Å²) in [5.41, 5.74) is 0.0443. The Morgan fingerprint density at radius 1 is 1.39 bits per heavy atom. The Balaban J connectivity index is 2.06. The van der Waals surface area contributed by atoms with Crippen LogP contribution in [0.5, 0.6) is 0 Å². The lowest BCUT2D eigenvalue weighted by molar-refractivity contribution is -0.384. The molecule has 3 N–H and O–H groups in total. The molecule has 0 amide bonds. The fourth-order valence-corrected chi connectivity index (χ4v) is 3.28. The lowest BCUT2D eigenvalue weighted by Gasteiger charge is -2.31. The molecule has 128 valence electrons. The fraction of sp³-hybridized carbons (Fsp3) is 0.571. The van der Waals surface area contributed by atoms with Gasteiger partial charge in [0.1, 0.15) is 5.69 Å². The maximum atomic E-state index is 11.3. The summed E-state index contributed by atoms with van der Waals surface area (Å²) in [7, 11) is -3.96. The zero-order valence-electron chi connectivity index (χ0n) is 13.1. The van der Waals surface area contributed by atoms with Crippen molar-refractivity contribution < 1.29 is 13.3 Å². The van der Waals surface area contributed by atoms with Crippen LogP contribution in [-0.4, -0.2) is 44.4 Å². The van der Waals surface area contributed by atoms with Gasteiger partial charge in [-0.05, 0) is 50.5 Å². The SMILES string of the molecule is CCN1CCC(CNc2ccc(S(N)(=O)=O)cc2[N+](=O)[O-])CC1. The minimum atomic E-state index is -3.96. The van der Waals surface area contributed by atoms with Gasteiger partial charge in [0.05, 0.1) is 9.82 Å². The van der Waals surface area contributed by atoms with E-state index < -0.39 is 14.9 Å². The Morgan fingerprint density at radius 3 is 2.57 bits per heavy atom. The van der Waals surface area contributed by atoms with Crippen molar-refractivity contribution in [3.05, 3.63) is 28.3 Å². The van der Waals surface area contributed by atoms with Crippen molar-refractivity contribution in [3.8, 4) is 0 Å². The van der Waals surface area contributed by atoms with Crippen LogP contribution in [0.2, 0.25) is 0 Å². The first-order valence-corrected chi connectivity index (χ1v) is 9.13. The molecule has 9 heteroatoms. The first kappa shape index (κ1) is 17.6. The van der Waals surface area contributed by atoms with Crippen molar-refractivity contribution in [3.63, 3.8) is 0 Å². The van der Waals surface area contributed by atoms with Crippen LogP contribution in [0.15, 0.2) is 23.1 Å². The molecule has 1 aromatic carbocycles. The van der Waals surface area contributed by atoms with E-state index in [9.17, 15) is 18.5 Å². The highest BCUT2D eigenvalue weighted by Crippen LogP contribution is 2.28. The van der Waals surface area contributed by atoms with Gasteiger partial charge in [0.25, 0.3) is 5.69 Å². The predicted octanol–water partition coefficient (Wildman–Crippen LogP) is 1.39. The van der Waals surface area contributed by atoms with Gasteiger partial charge < -0.3 is 10.2 Å². The van der Waals surface area contributed by atoms with Gasteiger partial charge in [0, 0.05) is 12.6 Å². The Labute approximate surface area is 135 Å². The summed E-state index contributed by atoms with van der Waals surface area (Å²) < 4.78 is 22.6. The zero-order chi connectivity index (χ0) is 17.0. The van der Waals surface area contributed by atoms with E-state index in [-0.39, 0.29) is 10.6 Å². The summed E-state index contributed by atoms with van der Waals surface area (Å²) in [6.07, 6.45) is 2.09. The van der Waals surface area contributed by atoms with Crippen molar-refractivity contribution in [2.45, 2.75) is 24.7 Å². The number of primary sulfonamides is 1. The van der Waals surface area contributed by atoms with Crippen molar-refractivity contribution in [1.29, 1.82) is 0 Å². The third-order valence-electron chi connectivity index (χ3n) is 4.23. The molecule has 0 radical (unpaired) electrons. The maximum absolute atomic E-state index is 11.3. The molecule has 0 unspecified atom stereocenters. The van der Waals surface area contributed by atoms with Gasteiger partial charge in [0.2, 0.25) is 10.0 Å². The topological polar surface area (TPSA) is 119 Å². The fourth-order valence-electron chi connectivity index (χ4n) is 2.75. The molecule has 0 aliphatic carbocycles. The van der Waals surface area contributed by atoms with Gasteiger partial charge in [-0.15, -0.1) is 0 Å². The lowest BCUT2D eigenvalue weighted by Crippen LogP contribution is -2.35. The summed E-state index contributed by atoms with van der Waals surface area (Å²) in [4.78, 5) is 12.7. The van der Waals surface area contributed by atoms with Crippen LogP contribution in [-0.2, 0) is 10.0 Å². The van der Waals surface area contributed by atoms with Crippen LogP contribution in [0, 0.1) is 16.0 Å². The largest absolute Gasteiger partial charge is 0.379 e. The van der Waals surface area contributed by atoms with E-state index in [1.807, 2.05) is 0 Å². The number of nitrogens with zero attached hydrogens (tertiary/aromatic N) is 2. The molecule has 23 heavy (non-hydrogen) atoms. The van der Waals surface area contributed by atoms with Crippen LogP contribution in [0.3, 0.4) is 0 Å². The molecule has 0 spiro atoms. The lowest BCUT2D eigenvalue weighted by atomic mass is 9.97. The van der Waals surface area contributed by atoms with Gasteiger partial charge in [0.15, 0.2) is 0 Å². The molecule has 0 bridgehead atoms. The third kappa shape index (κ3) is 4.63. The monoisotopic (exact) mass is 342 g/mol. The number of benzene rings is 1. The smallest absolute Gasteiger partial charge is 0.293 e. The normalized spacial score (nSPS) is 17.1. The van der Waals surface area contributed by atoms with Crippen molar-refractivity contribution >= 4 is 21.4 Å². The van der Waals surface area contributed by atoms with E-state index >= 15 is 0 Å². The van der Waals surface area contributed by atoms with Crippen LogP contribution >= 0.6 is 0 Å². The quantitative estimate of drug-likeness (QED) is 0.595. The Morgan fingerprint density at radius 2 is 2.04 bits per heavy atom. The summed E-state index contributed by atoms with van der Waals surface area (Å²) >= 11 is 0. The van der Waals surface area contributed by atoms with E-state index in [4.69, 9.17) is 5.14 Å². The van der Waals surface area contributed by atoms with E-state index in [1.54, 1.807) is 0 Å². The second-order valence-electron chi connectivity index (χ2n) is 5.74. The molecule has 1 aromatic rings. The van der Waals surface area contributed by atoms with Gasteiger partial charge in [-0.2, -0.15) is 0 Å². The number of nitrogens with two attached hydrogens (primary N) is 1. The number of sulfonamides is 1. The number of nitrogens with one attached hydrogen (secondary N) is 1. The van der Waals surface area contributed by atoms with Gasteiger partial charge >= 0.3 is 0 Å². The molecule has 1 aliphatic heterocycles. The predicted molar refractivity (Wildman–Crippen MR) is 87.8 cm³/mol. The second-order valence-corrected chi connectivity index (χ2v) is 7.30. The van der Waals surface area contributed by atoms with E-state index in [1.165, 1.54) is 12.1 Å². The zero-order valence-corrected chi connectivity index (χ0v) is 13.9. The van der Waals surface area contributed by atoms with Gasteiger partial charge in [-0.1, -0.05) is 6.92 Å². The number of hydrogen-bond acceptors (Lipinski definition) is 6. The minimum absolute atomic E-state index is 0.258. The molecule has 1 heterocycles. The number of nitro groups is 1. The Hall–Kier alpha value is -1.71. The maximum Gasteiger partial charge on any atom is 0.293 e. The van der Waals surface area contributed by atoms with E-state index in [0.29, 0.717) is 18.2 Å². The number of nitro benzene ring substituents is 1. The third-order valence-corrected chi connectivity index (χ3v) is 5.14. The number of anilines is 1. The second kappa shape index (κ2) is 7.24. The standard InChI is InChI=1S/C14H22N4O4S/c1-2-17-7-5-11(6-8-17)10-16-13-4-3-12(23(15,21)22)9-14(13)18(19)20/h3-4,9,11,16H,2,5-8,10H2,1H3,(H2,15,21,22). The van der Waals surface area contributed by atoms with Crippen LogP contribution in [0.25, 0.3) is 0 Å². The van der Waals surface area contributed by atoms with Crippen LogP contribution < -0.4 is 10.5 Å². The molecule has 0 aromatic heterocycles. The number of hydrogen-bond donors (Lipinski definition) is 2. The Bertz CT molecular complexity index is 669. The molecule has 2 rings (SSSR count). The number of rotatable bonds is 6. The summed E-state index contributed by atoms with van der Waals surface area (Å²) in [6, 6.07) is 3.68. The van der Waals surface area contributed by atoms with E-state index in [2.05, 4.69) is 17.1 Å². The number of likely N-dealkylation sites (tertiary alicyclic amines) is 1. The highest BCUT2D eigenvalue weighted by molar-refractivity contribution is 7.89. The number of piperidine rings is 1. The summed E-state index contributed by atoms with van der Waals surface area (Å²) in [6.45, 7) is 5.88. The first-order chi connectivity index (χ1) is 10.8. The molecular formula is C14H22N4O4S. The van der Waals surface area contributed by atoms with E-state index in [0.717, 1.165) is 38.5 Å². The molecule has 1 fully saturated rings.